The van der Waals surface area contributed by atoms with Crippen molar-refractivity contribution in [3.05, 3.63) is 58.6 Å². The number of nitrogens with one attached hydrogen (secondary N) is 2. The summed E-state index contributed by atoms with van der Waals surface area (Å²) >= 11 is 6.01. The number of anilines is 2. The van der Waals surface area contributed by atoms with Gasteiger partial charge in [-0.15, -0.1) is 0 Å². The van der Waals surface area contributed by atoms with Crippen LogP contribution < -0.4 is 10.6 Å². The second-order valence-electron chi connectivity index (χ2n) is 5.22. The van der Waals surface area contributed by atoms with E-state index in [4.69, 9.17) is 11.6 Å². The van der Waals surface area contributed by atoms with Gasteiger partial charge in [-0.1, -0.05) is 29.8 Å². The third kappa shape index (κ3) is 3.37. The zero-order valence-electron chi connectivity index (χ0n) is 11.7. The van der Waals surface area contributed by atoms with Gasteiger partial charge < -0.3 is 10.6 Å². The quantitative estimate of drug-likeness (QED) is 0.899. The highest BCUT2D eigenvalue weighted by Crippen LogP contribution is 2.25. The van der Waals surface area contributed by atoms with Gasteiger partial charge in [0.15, 0.2) is 0 Å². The van der Waals surface area contributed by atoms with E-state index in [2.05, 4.69) is 22.8 Å². The second-order valence-corrected chi connectivity index (χ2v) is 5.63. The van der Waals surface area contributed by atoms with Gasteiger partial charge in [0, 0.05) is 5.69 Å². The van der Waals surface area contributed by atoms with E-state index in [1.807, 2.05) is 18.2 Å². The Labute approximate surface area is 129 Å². The maximum atomic E-state index is 11.9. The molecule has 0 bridgehead atoms. The molecule has 0 unspecified atom stereocenters. The first-order valence-corrected chi connectivity index (χ1v) is 7.50. The Hall–Kier alpha value is -2.00. The predicted octanol–water partition coefficient (Wildman–Crippen LogP) is 3.88. The summed E-state index contributed by atoms with van der Waals surface area (Å²) in [5.74, 6) is -0.108. The third-order valence-corrected chi connectivity index (χ3v) is 4.03. The summed E-state index contributed by atoms with van der Waals surface area (Å²) in [6.45, 7) is 0.226. The fraction of sp³-hybridized carbons (Fsp3) is 0.235. The van der Waals surface area contributed by atoms with Crippen LogP contribution >= 0.6 is 11.6 Å². The third-order valence-electron chi connectivity index (χ3n) is 3.70. The SMILES string of the molecule is O=C(CNc1ccc2c(c1)CCC2)Nc1ccccc1Cl. The van der Waals surface area contributed by atoms with Gasteiger partial charge in [-0.05, 0) is 54.7 Å². The first-order chi connectivity index (χ1) is 10.2. The van der Waals surface area contributed by atoms with Crippen molar-refractivity contribution in [1.29, 1.82) is 0 Å². The van der Waals surface area contributed by atoms with Gasteiger partial charge in [-0.25, -0.2) is 0 Å². The Bertz CT molecular complexity index is 670. The van der Waals surface area contributed by atoms with E-state index in [1.54, 1.807) is 12.1 Å². The minimum atomic E-state index is -0.108. The molecule has 0 fully saturated rings. The lowest BCUT2D eigenvalue weighted by Gasteiger charge is -2.10. The molecule has 2 aromatic rings. The monoisotopic (exact) mass is 300 g/mol. The average Bonchev–Trinajstić information content (AvgIpc) is 2.95. The van der Waals surface area contributed by atoms with E-state index >= 15 is 0 Å². The number of rotatable bonds is 4. The van der Waals surface area contributed by atoms with Gasteiger partial charge in [0.2, 0.25) is 5.91 Å². The first kappa shape index (κ1) is 14.0. The van der Waals surface area contributed by atoms with Crippen molar-refractivity contribution in [2.24, 2.45) is 0 Å². The molecule has 0 saturated heterocycles. The van der Waals surface area contributed by atoms with Crippen molar-refractivity contribution < 1.29 is 4.79 Å². The minimum Gasteiger partial charge on any atom is -0.376 e. The fourth-order valence-electron chi connectivity index (χ4n) is 2.62. The van der Waals surface area contributed by atoms with Gasteiger partial charge in [0.05, 0.1) is 17.3 Å². The van der Waals surface area contributed by atoms with E-state index in [1.165, 1.54) is 24.0 Å². The number of halogens is 1. The Kier molecular flexibility index (Phi) is 4.11. The zero-order chi connectivity index (χ0) is 14.7. The van der Waals surface area contributed by atoms with Crippen LogP contribution in [0.25, 0.3) is 0 Å². The largest absolute Gasteiger partial charge is 0.376 e. The molecule has 2 N–H and O–H groups in total. The van der Waals surface area contributed by atoms with Crippen molar-refractivity contribution in [3.8, 4) is 0 Å². The van der Waals surface area contributed by atoms with Crippen LogP contribution in [-0.2, 0) is 17.6 Å². The lowest BCUT2D eigenvalue weighted by Crippen LogP contribution is -2.21. The molecule has 0 radical (unpaired) electrons. The van der Waals surface area contributed by atoms with Crippen LogP contribution in [0.15, 0.2) is 42.5 Å². The van der Waals surface area contributed by atoms with Crippen molar-refractivity contribution in [3.63, 3.8) is 0 Å². The van der Waals surface area contributed by atoms with Gasteiger partial charge in [0.1, 0.15) is 0 Å². The molecule has 1 aliphatic carbocycles. The van der Waals surface area contributed by atoms with Crippen LogP contribution in [0.4, 0.5) is 11.4 Å². The Morgan fingerprint density at radius 3 is 2.76 bits per heavy atom. The summed E-state index contributed by atoms with van der Waals surface area (Å²) < 4.78 is 0. The molecule has 3 rings (SSSR count). The number of benzene rings is 2. The van der Waals surface area contributed by atoms with Crippen LogP contribution in [0.2, 0.25) is 5.02 Å². The number of aryl methyl sites for hydroxylation is 2. The van der Waals surface area contributed by atoms with Crippen LogP contribution in [0, 0.1) is 0 Å². The van der Waals surface area contributed by atoms with Gasteiger partial charge >= 0.3 is 0 Å². The summed E-state index contributed by atoms with van der Waals surface area (Å²) in [7, 11) is 0. The summed E-state index contributed by atoms with van der Waals surface area (Å²) in [5.41, 5.74) is 4.46. The van der Waals surface area contributed by atoms with Crippen molar-refractivity contribution in [1.82, 2.24) is 0 Å². The molecule has 1 amide bonds. The molecule has 2 aromatic carbocycles. The molecule has 108 valence electrons. The van der Waals surface area contributed by atoms with Crippen LogP contribution in [0.3, 0.4) is 0 Å². The topological polar surface area (TPSA) is 41.1 Å². The highest BCUT2D eigenvalue weighted by molar-refractivity contribution is 6.33. The molecule has 3 nitrogen and oxygen atoms in total. The van der Waals surface area contributed by atoms with E-state index < -0.39 is 0 Å². The lowest BCUT2D eigenvalue weighted by atomic mass is 10.1. The molecule has 21 heavy (non-hydrogen) atoms. The van der Waals surface area contributed by atoms with Crippen molar-refractivity contribution >= 4 is 28.9 Å². The Balaban J connectivity index is 1.58. The molecule has 0 aliphatic heterocycles. The second kappa shape index (κ2) is 6.19. The molecule has 1 aliphatic rings. The van der Waals surface area contributed by atoms with E-state index in [9.17, 15) is 4.79 Å². The molecular weight excluding hydrogens is 284 g/mol. The van der Waals surface area contributed by atoms with Crippen LogP contribution in [0.1, 0.15) is 17.5 Å². The average molecular weight is 301 g/mol. The predicted molar refractivity (Wildman–Crippen MR) is 87.0 cm³/mol. The Morgan fingerprint density at radius 2 is 1.90 bits per heavy atom. The molecule has 0 aromatic heterocycles. The lowest BCUT2D eigenvalue weighted by molar-refractivity contribution is -0.114. The molecule has 0 heterocycles. The van der Waals surface area contributed by atoms with Gasteiger partial charge in [-0.3, -0.25) is 4.79 Å². The maximum absolute atomic E-state index is 11.9. The van der Waals surface area contributed by atoms with Crippen LogP contribution in [0.5, 0.6) is 0 Å². The van der Waals surface area contributed by atoms with E-state index in [0.29, 0.717) is 10.7 Å². The number of hydrogen-bond acceptors (Lipinski definition) is 2. The Morgan fingerprint density at radius 1 is 1.10 bits per heavy atom. The number of para-hydroxylation sites is 1. The van der Waals surface area contributed by atoms with E-state index in [0.717, 1.165) is 12.1 Å². The van der Waals surface area contributed by atoms with Gasteiger partial charge in [-0.2, -0.15) is 0 Å². The number of hydrogen-bond donors (Lipinski definition) is 2. The van der Waals surface area contributed by atoms with Gasteiger partial charge in [0.25, 0.3) is 0 Å². The van der Waals surface area contributed by atoms with Crippen molar-refractivity contribution in [2.75, 3.05) is 17.2 Å². The number of fused-ring (bicyclic) bond motifs is 1. The van der Waals surface area contributed by atoms with Crippen LogP contribution in [-0.4, -0.2) is 12.5 Å². The fourth-order valence-corrected chi connectivity index (χ4v) is 2.80. The van der Waals surface area contributed by atoms with E-state index in [-0.39, 0.29) is 12.5 Å². The summed E-state index contributed by atoms with van der Waals surface area (Å²) in [6, 6.07) is 13.5. The molecule has 4 heteroatoms. The normalized spacial score (nSPS) is 12.8. The highest BCUT2D eigenvalue weighted by Gasteiger charge is 2.11. The standard InChI is InChI=1S/C17H17ClN2O/c18-15-6-1-2-7-16(15)20-17(21)11-19-14-9-8-12-4-3-5-13(12)10-14/h1-2,6-10,19H,3-5,11H2,(H,20,21). The molecular formula is C17H17ClN2O. The minimum absolute atomic E-state index is 0.108. The maximum Gasteiger partial charge on any atom is 0.243 e. The number of carbonyl (C=O) groups excluding carboxylic acids is 1. The summed E-state index contributed by atoms with van der Waals surface area (Å²) in [5, 5.41) is 6.50. The smallest absolute Gasteiger partial charge is 0.243 e. The molecule has 0 saturated carbocycles. The number of amides is 1. The highest BCUT2D eigenvalue weighted by atomic mass is 35.5. The van der Waals surface area contributed by atoms with Crippen molar-refractivity contribution in [2.45, 2.75) is 19.3 Å². The number of carbonyl (C=O) groups is 1. The summed E-state index contributed by atoms with van der Waals surface area (Å²) in [6.07, 6.45) is 3.53. The zero-order valence-corrected chi connectivity index (χ0v) is 12.4. The molecule has 0 atom stereocenters. The first-order valence-electron chi connectivity index (χ1n) is 7.12. The summed E-state index contributed by atoms with van der Waals surface area (Å²) in [4.78, 5) is 11.9. The molecule has 0 spiro atoms.